The summed E-state index contributed by atoms with van der Waals surface area (Å²) >= 11 is 0. The first-order chi connectivity index (χ1) is 14.5. The molecular formula is C25H31N3O2. The SMILES string of the molecule is COc1cc(C)cc(CN(C)C2CCN(CCc3c[nH]c4ccccc34)C(=O)C2)c1. The highest BCUT2D eigenvalue weighted by atomic mass is 16.5. The van der Waals surface area contributed by atoms with Crippen LogP contribution in [0.3, 0.4) is 0 Å². The Bertz CT molecular complexity index is 1030. The second-order valence-corrected chi connectivity index (χ2v) is 8.41. The number of nitrogens with one attached hydrogen (secondary N) is 1. The molecule has 1 atom stereocenters. The average Bonchev–Trinajstić information content (AvgIpc) is 3.15. The van der Waals surface area contributed by atoms with Gasteiger partial charge in [0, 0.05) is 49.2 Å². The van der Waals surface area contributed by atoms with Crippen molar-refractivity contribution in [2.24, 2.45) is 0 Å². The maximum Gasteiger partial charge on any atom is 0.224 e. The Balaban J connectivity index is 1.32. The van der Waals surface area contributed by atoms with Gasteiger partial charge in [0.1, 0.15) is 5.75 Å². The van der Waals surface area contributed by atoms with E-state index in [1.54, 1.807) is 7.11 Å². The fourth-order valence-corrected chi connectivity index (χ4v) is 4.52. The van der Waals surface area contributed by atoms with E-state index in [-0.39, 0.29) is 11.9 Å². The highest BCUT2D eigenvalue weighted by Crippen LogP contribution is 2.23. The van der Waals surface area contributed by atoms with Crippen molar-refractivity contribution >= 4 is 16.8 Å². The van der Waals surface area contributed by atoms with Gasteiger partial charge in [-0.3, -0.25) is 9.69 Å². The molecule has 0 spiro atoms. The maximum atomic E-state index is 12.8. The van der Waals surface area contributed by atoms with Crippen LogP contribution in [0.25, 0.3) is 10.9 Å². The molecule has 1 aromatic heterocycles. The molecule has 0 bridgehead atoms. The number of methoxy groups -OCH3 is 1. The molecule has 1 aliphatic heterocycles. The van der Waals surface area contributed by atoms with Crippen LogP contribution in [0, 0.1) is 6.92 Å². The molecule has 5 heteroatoms. The van der Waals surface area contributed by atoms with Crippen molar-refractivity contribution in [2.45, 2.75) is 38.8 Å². The van der Waals surface area contributed by atoms with Crippen molar-refractivity contribution in [3.05, 3.63) is 65.4 Å². The summed E-state index contributed by atoms with van der Waals surface area (Å²) in [6.45, 7) is 4.52. The van der Waals surface area contributed by atoms with E-state index in [2.05, 4.69) is 60.4 Å². The van der Waals surface area contributed by atoms with Crippen LogP contribution in [0.2, 0.25) is 0 Å². The lowest BCUT2D eigenvalue weighted by atomic mass is 10.0. The van der Waals surface area contributed by atoms with Gasteiger partial charge >= 0.3 is 0 Å². The third kappa shape index (κ3) is 4.51. The molecule has 4 rings (SSSR count). The molecule has 158 valence electrons. The number of hydrogen-bond donors (Lipinski definition) is 1. The number of aryl methyl sites for hydroxylation is 1. The van der Waals surface area contributed by atoms with Gasteiger partial charge in [0.15, 0.2) is 0 Å². The number of benzene rings is 2. The second kappa shape index (κ2) is 8.92. The molecule has 3 aromatic rings. The lowest BCUT2D eigenvalue weighted by Gasteiger charge is -2.36. The number of carbonyl (C=O) groups excluding carboxylic acids is 1. The van der Waals surface area contributed by atoms with E-state index < -0.39 is 0 Å². The van der Waals surface area contributed by atoms with Crippen LogP contribution < -0.4 is 4.74 Å². The van der Waals surface area contributed by atoms with Crippen LogP contribution in [-0.4, -0.2) is 54.0 Å². The number of hydrogen-bond acceptors (Lipinski definition) is 3. The van der Waals surface area contributed by atoms with Crippen LogP contribution in [-0.2, 0) is 17.8 Å². The second-order valence-electron chi connectivity index (χ2n) is 8.41. The van der Waals surface area contributed by atoms with Crippen LogP contribution in [0.5, 0.6) is 5.75 Å². The third-order valence-electron chi connectivity index (χ3n) is 6.22. The zero-order chi connectivity index (χ0) is 21.1. The number of nitrogens with zero attached hydrogens (tertiary/aromatic N) is 2. The minimum Gasteiger partial charge on any atom is -0.497 e. The van der Waals surface area contributed by atoms with Crippen LogP contribution in [0.4, 0.5) is 0 Å². The van der Waals surface area contributed by atoms with Crippen LogP contribution in [0.15, 0.2) is 48.7 Å². The van der Waals surface area contributed by atoms with Gasteiger partial charge in [-0.2, -0.15) is 0 Å². The van der Waals surface area contributed by atoms with Gasteiger partial charge in [0.05, 0.1) is 7.11 Å². The molecule has 0 saturated carbocycles. The predicted octanol–water partition coefficient (Wildman–Crippen LogP) is 4.15. The average molecular weight is 406 g/mol. The molecular weight excluding hydrogens is 374 g/mol. The van der Waals surface area contributed by atoms with E-state index >= 15 is 0 Å². The fourth-order valence-electron chi connectivity index (χ4n) is 4.52. The highest BCUT2D eigenvalue weighted by Gasteiger charge is 2.28. The molecule has 2 aromatic carbocycles. The largest absolute Gasteiger partial charge is 0.497 e. The molecule has 5 nitrogen and oxygen atoms in total. The number of para-hydroxylation sites is 1. The van der Waals surface area contributed by atoms with Gasteiger partial charge in [-0.1, -0.05) is 24.3 Å². The number of carbonyl (C=O) groups is 1. The molecule has 1 unspecified atom stereocenters. The first-order valence-corrected chi connectivity index (χ1v) is 10.7. The van der Waals surface area contributed by atoms with Crippen molar-refractivity contribution in [2.75, 3.05) is 27.2 Å². The Morgan fingerprint density at radius 2 is 2.07 bits per heavy atom. The van der Waals surface area contributed by atoms with E-state index in [1.165, 1.54) is 22.1 Å². The zero-order valence-electron chi connectivity index (χ0n) is 18.1. The first kappa shape index (κ1) is 20.5. The number of fused-ring (bicyclic) bond motifs is 1. The lowest BCUT2D eigenvalue weighted by molar-refractivity contribution is -0.135. The number of aromatic nitrogens is 1. The predicted molar refractivity (Wildman–Crippen MR) is 121 cm³/mol. The topological polar surface area (TPSA) is 48.6 Å². The molecule has 1 amide bonds. The van der Waals surface area contributed by atoms with Crippen molar-refractivity contribution in [3.63, 3.8) is 0 Å². The molecule has 30 heavy (non-hydrogen) atoms. The van der Waals surface area contributed by atoms with Gasteiger partial charge in [0.25, 0.3) is 0 Å². The number of aromatic amines is 1. The Labute approximate surface area is 178 Å². The summed E-state index contributed by atoms with van der Waals surface area (Å²) in [7, 11) is 3.82. The molecule has 1 aliphatic rings. The Hall–Kier alpha value is -2.79. The van der Waals surface area contributed by atoms with Crippen molar-refractivity contribution < 1.29 is 9.53 Å². The van der Waals surface area contributed by atoms with Crippen LogP contribution in [0.1, 0.15) is 29.5 Å². The summed E-state index contributed by atoms with van der Waals surface area (Å²) < 4.78 is 5.40. The monoisotopic (exact) mass is 405 g/mol. The van der Waals surface area contributed by atoms with Crippen LogP contribution >= 0.6 is 0 Å². The van der Waals surface area contributed by atoms with Gasteiger partial charge in [0.2, 0.25) is 5.91 Å². The van der Waals surface area contributed by atoms with E-state index in [4.69, 9.17) is 4.74 Å². The summed E-state index contributed by atoms with van der Waals surface area (Å²) in [5.74, 6) is 1.15. The van der Waals surface area contributed by atoms with Crippen molar-refractivity contribution in [1.82, 2.24) is 14.8 Å². The molecule has 0 radical (unpaired) electrons. The number of H-pyrrole nitrogens is 1. The zero-order valence-corrected chi connectivity index (χ0v) is 18.1. The molecule has 1 saturated heterocycles. The Kier molecular flexibility index (Phi) is 6.09. The van der Waals surface area contributed by atoms with E-state index in [0.717, 1.165) is 43.7 Å². The minimum atomic E-state index is 0.264. The highest BCUT2D eigenvalue weighted by molar-refractivity contribution is 5.83. The van der Waals surface area contributed by atoms with E-state index in [9.17, 15) is 4.79 Å². The number of ether oxygens (including phenoxy) is 1. The third-order valence-corrected chi connectivity index (χ3v) is 6.22. The first-order valence-electron chi connectivity index (χ1n) is 10.7. The van der Waals surface area contributed by atoms with Gasteiger partial charge < -0.3 is 14.6 Å². The van der Waals surface area contributed by atoms with Gasteiger partial charge in [-0.05, 0) is 61.7 Å². The van der Waals surface area contributed by atoms with E-state index in [1.807, 2.05) is 17.0 Å². The number of rotatable bonds is 7. The summed E-state index contributed by atoms with van der Waals surface area (Å²) in [4.78, 5) is 20.5. The smallest absolute Gasteiger partial charge is 0.224 e. The Morgan fingerprint density at radius 1 is 1.23 bits per heavy atom. The number of piperidine rings is 1. The number of likely N-dealkylation sites (tertiary alicyclic amines) is 1. The molecule has 1 fully saturated rings. The normalized spacial score (nSPS) is 17.1. The summed E-state index contributed by atoms with van der Waals surface area (Å²) in [5, 5.41) is 1.26. The quantitative estimate of drug-likeness (QED) is 0.642. The molecule has 2 heterocycles. The minimum absolute atomic E-state index is 0.264. The van der Waals surface area contributed by atoms with Gasteiger partial charge in [-0.15, -0.1) is 0 Å². The number of amides is 1. The van der Waals surface area contributed by atoms with Crippen molar-refractivity contribution in [1.29, 1.82) is 0 Å². The summed E-state index contributed by atoms with van der Waals surface area (Å²) in [6.07, 6.45) is 4.57. The van der Waals surface area contributed by atoms with Gasteiger partial charge in [-0.25, -0.2) is 0 Å². The molecule has 1 N–H and O–H groups in total. The molecule has 0 aliphatic carbocycles. The standard InChI is InChI=1S/C25H31N3O2/c1-18-12-19(14-22(13-18)30-3)17-27(2)21-9-11-28(25(29)15-21)10-8-20-16-26-24-7-5-4-6-23(20)24/h4-7,12-14,16,21,26H,8-11,15,17H2,1-3H3. The fraction of sp³-hybridized carbons (Fsp3) is 0.400. The summed E-state index contributed by atoms with van der Waals surface area (Å²) in [5.41, 5.74) is 4.86. The summed E-state index contributed by atoms with van der Waals surface area (Å²) in [6, 6.07) is 14.9. The van der Waals surface area contributed by atoms with Crippen molar-refractivity contribution in [3.8, 4) is 5.75 Å². The lowest BCUT2D eigenvalue weighted by Crippen LogP contribution is -2.46. The van der Waals surface area contributed by atoms with E-state index in [0.29, 0.717) is 6.42 Å². The Morgan fingerprint density at radius 3 is 2.87 bits per heavy atom. The maximum absolute atomic E-state index is 12.8.